The normalized spacial score (nSPS) is 19.9. The first-order valence-corrected chi connectivity index (χ1v) is 8.85. The van der Waals surface area contributed by atoms with Gasteiger partial charge in [0.05, 0.1) is 5.75 Å². The van der Waals surface area contributed by atoms with Crippen molar-refractivity contribution in [1.82, 2.24) is 10.0 Å². The molecule has 1 unspecified atom stereocenters. The first-order chi connectivity index (χ1) is 8.55. The average Bonchev–Trinajstić information content (AvgIpc) is 2.35. The highest BCUT2D eigenvalue weighted by molar-refractivity contribution is 7.89. The number of unbranched alkanes of at least 4 members (excludes halogenated alkanes) is 1. The Bertz CT molecular complexity index is 311. The second kappa shape index (κ2) is 8.12. The van der Waals surface area contributed by atoms with E-state index in [1.165, 1.54) is 32.1 Å². The molecule has 0 aromatic carbocycles. The molecule has 1 atom stereocenters. The standard InChI is InChI=1S/C13H28N2O2S/c1-12(13-8-4-3-5-9-13)15-18(16,17)11-7-6-10-14-2/h12-15H,3-11H2,1-2H3. The topological polar surface area (TPSA) is 58.2 Å². The third-order valence-corrected chi connectivity index (χ3v) is 5.37. The van der Waals surface area contributed by atoms with Gasteiger partial charge in [0.1, 0.15) is 0 Å². The van der Waals surface area contributed by atoms with Crippen LogP contribution >= 0.6 is 0 Å². The fourth-order valence-corrected chi connectivity index (χ4v) is 4.13. The maximum atomic E-state index is 11.9. The Kier molecular flexibility index (Phi) is 7.19. The lowest BCUT2D eigenvalue weighted by Crippen LogP contribution is -2.40. The van der Waals surface area contributed by atoms with E-state index in [4.69, 9.17) is 0 Å². The van der Waals surface area contributed by atoms with Crippen molar-refractivity contribution in [3.63, 3.8) is 0 Å². The van der Waals surface area contributed by atoms with E-state index < -0.39 is 10.0 Å². The minimum absolute atomic E-state index is 0.0969. The summed E-state index contributed by atoms with van der Waals surface area (Å²) in [5, 5.41) is 3.03. The van der Waals surface area contributed by atoms with Crippen LogP contribution in [0.3, 0.4) is 0 Å². The molecule has 1 aliphatic carbocycles. The van der Waals surface area contributed by atoms with Crippen LogP contribution in [-0.4, -0.2) is 33.8 Å². The molecular formula is C13H28N2O2S. The van der Waals surface area contributed by atoms with Crippen LogP contribution in [0.1, 0.15) is 51.9 Å². The highest BCUT2D eigenvalue weighted by Gasteiger charge is 2.23. The van der Waals surface area contributed by atoms with Gasteiger partial charge in [-0.2, -0.15) is 0 Å². The van der Waals surface area contributed by atoms with Crippen molar-refractivity contribution in [3.8, 4) is 0 Å². The van der Waals surface area contributed by atoms with Gasteiger partial charge in [-0.15, -0.1) is 0 Å². The van der Waals surface area contributed by atoms with Crippen LogP contribution in [0, 0.1) is 5.92 Å². The van der Waals surface area contributed by atoms with Gasteiger partial charge in [-0.1, -0.05) is 19.3 Å². The van der Waals surface area contributed by atoms with Crippen LogP contribution in [0.4, 0.5) is 0 Å². The van der Waals surface area contributed by atoms with Crippen LogP contribution in [0.15, 0.2) is 0 Å². The minimum atomic E-state index is -3.09. The van der Waals surface area contributed by atoms with Crippen molar-refractivity contribution in [1.29, 1.82) is 0 Å². The molecule has 0 spiro atoms. The Morgan fingerprint density at radius 3 is 2.44 bits per heavy atom. The summed E-state index contributed by atoms with van der Waals surface area (Å²) in [6, 6.07) is 0.0969. The van der Waals surface area contributed by atoms with E-state index in [0.717, 1.165) is 19.4 Å². The first kappa shape index (κ1) is 15.9. The third kappa shape index (κ3) is 6.16. The van der Waals surface area contributed by atoms with E-state index in [-0.39, 0.29) is 11.8 Å². The molecule has 0 saturated heterocycles. The lowest BCUT2D eigenvalue weighted by atomic mass is 9.85. The van der Waals surface area contributed by atoms with E-state index in [2.05, 4.69) is 10.0 Å². The van der Waals surface area contributed by atoms with E-state index in [9.17, 15) is 8.42 Å². The van der Waals surface area contributed by atoms with E-state index in [0.29, 0.717) is 5.92 Å². The summed E-state index contributed by atoms with van der Waals surface area (Å²) < 4.78 is 26.7. The highest BCUT2D eigenvalue weighted by atomic mass is 32.2. The van der Waals surface area contributed by atoms with Gasteiger partial charge in [-0.05, 0) is 52.1 Å². The number of hydrogen-bond acceptors (Lipinski definition) is 3. The van der Waals surface area contributed by atoms with Crippen LogP contribution in [0.5, 0.6) is 0 Å². The molecule has 2 N–H and O–H groups in total. The van der Waals surface area contributed by atoms with E-state index in [1.54, 1.807) is 0 Å². The van der Waals surface area contributed by atoms with Crippen molar-refractivity contribution in [2.75, 3.05) is 19.3 Å². The van der Waals surface area contributed by atoms with Crippen molar-refractivity contribution < 1.29 is 8.42 Å². The van der Waals surface area contributed by atoms with Gasteiger partial charge in [0, 0.05) is 6.04 Å². The minimum Gasteiger partial charge on any atom is -0.320 e. The molecule has 0 amide bonds. The summed E-state index contributed by atoms with van der Waals surface area (Å²) in [7, 11) is -1.20. The summed E-state index contributed by atoms with van der Waals surface area (Å²) in [5.41, 5.74) is 0. The van der Waals surface area contributed by atoms with Gasteiger partial charge in [0.15, 0.2) is 0 Å². The van der Waals surface area contributed by atoms with Gasteiger partial charge < -0.3 is 5.32 Å². The predicted octanol–water partition coefficient (Wildman–Crippen LogP) is 1.87. The maximum absolute atomic E-state index is 11.9. The maximum Gasteiger partial charge on any atom is 0.211 e. The van der Waals surface area contributed by atoms with Crippen LogP contribution in [-0.2, 0) is 10.0 Å². The lowest BCUT2D eigenvalue weighted by molar-refractivity contribution is 0.303. The van der Waals surface area contributed by atoms with Gasteiger partial charge >= 0.3 is 0 Å². The number of rotatable bonds is 8. The Labute approximate surface area is 112 Å². The molecule has 18 heavy (non-hydrogen) atoms. The largest absolute Gasteiger partial charge is 0.320 e. The Balaban J connectivity index is 2.29. The molecule has 5 heteroatoms. The molecule has 1 aliphatic rings. The number of nitrogens with one attached hydrogen (secondary N) is 2. The second-order valence-corrected chi connectivity index (χ2v) is 7.31. The third-order valence-electron chi connectivity index (χ3n) is 3.81. The van der Waals surface area contributed by atoms with Crippen LogP contribution < -0.4 is 10.0 Å². The number of hydrogen-bond donors (Lipinski definition) is 2. The smallest absolute Gasteiger partial charge is 0.211 e. The SMILES string of the molecule is CNCCCCS(=O)(=O)NC(C)C1CCCCC1. The molecular weight excluding hydrogens is 248 g/mol. The molecule has 4 nitrogen and oxygen atoms in total. The summed E-state index contributed by atoms with van der Waals surface area (Å²) >= 11 is 0. The molecule has 0 aromatic rings. The fraction of sp³-hybridized carbons (Fsp3) is 1.00. The zero-order chi connectivity index (χ0) is 13.4. The highest BCUT2D eigenvalue weighted by Crippen LogP contribution is 2.26. The molecule has 1 fully saturated rings. The Morgan fingerprint density at radius 2 is 1.83 bits per heavy atom. The van der Waals surface area contributed by atoms with Crippen molar-refractivity contribution >= 4 is 10.0 Å². The van der Waals surface area contributed by atoms with Crippen LogP contribution in [0.2, 0.25) is 0 Å². The van der Waals surface area contributed by atoms with Crippen molar-refractivity contribution in [2.45, 2.75) is 57.9 Å². The summed E-state index contributed by atoms with van der Waals surface area (Å²) in [6.07, 6.45) is 7.79. The first-order valence-electron chi connectivity index (χ1n) is 7.20. The lowest BCUT2D eigenvalue weighted by Gasteiger charge is -2.28. The second-order valence-electron chi connectivity index (χ2n) is 5.43. The fourth-order valence-electron chi connectivity index (χ4n) is 2.67. The summed E-state index contributed by atoms with van der Waals surface area (Å²) in [5.74, 6) is 0.789. The Morgan fingerprint density at radius 1 is 1.17 bits per heavy atom. The van der Waals surface area contributed by atoms with E-state index in [1.807, 2.05) is 14.0 Å². The summed E-state index contributed by atoms with van der Waals surface area (Å²) in [6.45, 7) is 2.90. The zero-order valence-electron chi connectivity index (χ0n) is 11.7. The van der Waals surface area contributed by atoms with Gasteiger partial charge in [-0.25, -0.2) is 13.1 Å². The molecule has 0 radical (unpaired) electrons. The van der Waals surface area contributed by atoms with Crippen molar-refractivity contribution in [3.05, 3.63) is 0 Å². The number of sulfonamides is 1. The molecule has 0 heterocycles. The van der Waals surface area contributed by atoms with Crippen LogP contribution in [0.25, 0.3) is 0 Å². The average molecular weight is 276 g/mol. The van der Waals surface area contributed by atoms with Gasteiger partial charge in [-0.3, -0.25) is 0 Å². The molecule has 108 valence electrons. The quantitative estimate of drug-likeness (QED) is 0.665. The van der Waals surface area contributed by atoms with E-state index >= 15 is 0 Å². The van der Waals surface area contributed by atoms with Gasteiger partial charge in [0.2, 0.25) is 10.0 Å². The van der Waals surface area contributed by atoms with Gasteiger partial charge in [0.25, 0.3) is 0 Å². The molecule has 1 rings (SSSR count). The van der Waals surface area contributed by atoms with Crippen molar-refractivity contribution in [2.24, 2.45) is 5.92 Å². The molecule has 0 bridgehead atoms. The molecule has 1 saturated carbocycles. The zero-order valence-corrected chi connectivity index (χ0v) is 12.6. The summed E-state index contributed by atoms with van der Waals surface area (Å²) in [4.78, 5) is 0. The Hall–Kier alpha value is -0.130. The predicted molar refractivity (Wildman–Crippen MR) is 76.1 cm³/mol. The monoisotopic (exact) mass is 276 g/mol. The molecule has 0 aliphatic heterocycles. The molecule has 0 aromatic heterocycles.